The van der Waals surface area contributed by atoms with Crippen molar-refractivity contribution < 1.29 is 9.53 Å². The van der Waals surface area contributed by atoms with E-state index in [0.29, 0.717) is 17.4 Å². The topological polar surface area (TPSA) is 26.3 Å². The Morgan fingerprint density at radius 2 is 2.12 bits per heavy atom. The normalized spacial score (nSPS) is 44.8. The van der Waals surface area contributed by atoms with E-state index in [2.05, 4.69) is 26.5 Å². The number of allylic oxidation sites excluding steroid dienone is 1. The Morgan fingerprint density at radius 3 is 2.88 bits per heavy atom. The second-order valence-corrected chi connectivity index (χ2v) is 5.96. The van der Waals surface area contributed by atoms with Crippen LogP contribution in [0.15, 0.2) is 23.8 Å². The van der Waals surface area contributed by atoms with E-state index in [4.69, 9.17) is 4.74 Å². The van der Waals surface area contributed by atoms with Crippen molar-refractivity contribution >= 4 is 5.97 Å². The molecule has 0 aromatic heterocycles. The molecule has 0 aromatic carbocycles. The van der Waals surface area contributed by atoms with Crippen LogP contribution in [-0.2, 0) is 9.53 Å². The molecule has 0 N–H and O–H groups in total. The standard InChI is InChI=1S/C15H20O2/c1-8-4-5-9(2)12-7-14-13(6-11(8)12)10(3)15(16)17-14/h6,8-9,12-14H,3-5,7H2,1-2H3/t8-,9+,12?,13+,14+/m1/s1. The van der Waals surface area contributed by atoms with Gasteiger partial charge in [0.25, 0.3) is 0 Å². The van der Waals surface area contributed by atoms with Crippen LogP contribution in [-0.4, -0.2) is 12.1 Å². The number of fused-ring (bicyclic) bond motifs is 2. The first-order valence-corrected chi connectivity index (χ1v) is 6.69. The van der Waals surface area contributed by atoms with E-state index in [1.54, 1.807) is 5.57 Å². The van der Waals surface area contributed by atoms with Gasteiger partial charge in [0, 0.05) is 11.5 Å². The van der Waals surface area contributed by atoms with Gasteiger partial charge in [-0.15, -0.1) is 0 Å². The third-order valence-corrected chi connectivity index (χ3v) is 4.92. The average molecular weight is 232 g/mol. The summed E-state index contributed by atoms with van der Waals surface area (Å²) in [7, 11) is 0. The lowest BCUT2D eigenvalue weighted by Crippen LogP contribution is -2.34. The third kappa shape index (κ3) is 1.57. The molecule has 2 fully saturated rings. The zero-order valence-electron chi connectivity index (χ0n) is 10.6. The molecule has 2 nitrogen and oxygen atoms in total. The van der Waals surface area contributed by atoms with Crippen molar-refractivity contribution in [3.05, 3.63) is 23.8 Å². The number of hydrogen-bond donors (Lipinski definition) is 0. The molecule has 17 heavy (non-hydrogen) atoms. The van der Waals surface area contributed by atoms with Crippen molar-refractivity contribution in [3.8, 4) is 0 Å². The molecule has 0 spiro atoms. The van der Waals surface area contributed by atoms with E-state index in [1.165, 1.54) is 12.8 Å². The number of esters is 1. The fourth-order valence-electron chi connectivity index (χ4n) is 3.74. The Morgan fingerprint density at radius 1 is 1.35 bits per heavy atom. The van der Waals surface area contributed by atoms with Crippen LogP contribution in [0.2, 0.25) is 0 Å². The quantitative estimate of drug-likeness (QED) is 0.364. The van der Waals surface area contributed by atoms with Crippen molar-refractivity contribution in [2.45, 2.75) is 39.2 Å². The number of carbonyl (C=O) groups excluding carboxylic acids is 1. The monoisotopic (exact) mass is 232 g/mol. The van der Waals surface area contributed by atoms with Gasteiger partial charge >= 0.3 is 5.97 Å². The lowest BCUT2D eigenvalue weighted by atomic mass is 9.65. The van der Waals surface area contributed by atoms with Crippen LogP contribution in [0.5, 0.6) is 0 Å². The van der Waals surface area contributed by atoms with Gasteiger partial charge in [0.05, 0.1) is 0 Å². The Balaban J connectivity index is 1.96. The van der Waals surface area contributed by atoms with Gasteiger partial charge in [0.2, 0.25) is 0 Å². The van der Waals surface area contributed by atoms with Crippen LogP contribution in [0, 0.1) is 23.7 Å². The summed E-state index contributed by atoms with van der Waals surface area (Å²) in [6.45, 7) is 8.52. The molecular weight excluding hydrogens is 212 g/mol. The lowest BCUT2D eigenvalue weighted by molar-refractivity contribution is -0.139. The average Bonchev–Trinajstić information content (AvgIpc) is 2.59. The van der Waals surface area contributed by atoms with Gasteiger partial charge in [-0.3, -0.25) is 0 Å². The van der Waals surface area contributed by atoms with E-state index in [0.717, 1.165) is 12.3 Å². The van der Waals surface area contributed by atoms with Crippen LogP contribution in [0.25, 0.3) is 0 Å². The maximum absolute atomic E-state index is 11.6. The molecule has 3 aliphatic rings. The Labute approximate surface area is 103 Å². The molecule has 1 unspecified atom stereocenters. The van der Waals surface area contributed by atoms with E-state index in [9.17, 15) is 4.79 Å². The molecule has 5 atom stereocenters. The van der Waals surface area contributed by atoms with E-state index in [-0.39, 0.29) is 18.0 Å². The molecule has 0 aromatic rings. The smallest absolute Gasteiger partial charge is 0.334 e. The molecule has 1 aliphatic heterocycles. The second-order valence-electron chi connectivity index (χ2n) is 5.96. The summed E-state index contributed by atoms with van der Waals surface area (Å²) >= 11 is 0. The van der Waals surface area contributed by atoms with Crippen molar-refractivity contribution in [1.82, 2.24) is 0 Å². The Bertz CT molecular complexity index is 407. The van der Waals surface area contributed by atoms with Gasteiger partial charge in [-0.25, -0.2) is 4.79 Å². The zero-order valence-corrected chi connectivity index (χ0v) is 10.6. The SMILES string of the molecule is C=C1C(=O)O[C@H]2CC3C(=C[C@@H]12)[C@H](C)CC[C@@H]3C. The number of ether oxygens (including phenoxy) is 1. The highest BCUT2D eigenvalue weighted by Gasteiger charge is 2.45. The Hall–Kier alpha value is -1.05. The minimum absolute atomic E-state index is 0.0662. The molecule has 92 valence electrons. The molecule has 2 heteroatoms. The second kappa shape index (κ2) is 3.72. The molecular formula is C15H20O2. The first-order chi connectivity index (χ1) is 8.08. The van der Waals surface area contributed by atoms with Gasteiger partial charge in [0.1, 0.15) is 6.10 Å². The number of rotatable bonds is 0. The number of carbonyl (C=O) groups is 1. The van der Waals surface area contributed by atoms with Crippen molar-refractivity contribution in [2.75, 3.05) is 0 Å². The molecule has 2 aliphatic carbocycles. The predicted molar refractivity (Wildman–Crippen MR) is 66.3 cm³/mol. The molecule has 0 radical (unpaired) electrons. The van der Waals surface area contributed by atoms with Gasteiger partial charge in [-0.2, -0.15) is 0 Å². The largest absolute Gasteiger partial charge is 0.458 e. The van der Waals surface area contributed by atoms with E-state index < -0.39 is 0 Å². The van der Waals surface area contributed by atoms with Gasteiger partial charge < -0.3 is 4.74 Å². The summed E-state index contributed by atoms with van der Waals surface area (Å²) in [5, 5.41) is 0. The van der Waals surface area contributed by atoms with Crippen molar-refractivity contribution in [1.29, 1.82) is 0 Å². The minimum Gasteiger partial charge on any atom is -0.458 e. The summed E-state index contributed by atoms with van der Waals surface area (Å²) in [6, 6.07) is 0. The summed E-state index contributed by atoms with van der Waals surface area (Å²) in [4.78, 5) is 11.6. The van der Waals surface area contributed by atoms with Crippen LogP contribution in [0.4, 0.5) is 0 Å². The predicted octanol–water partition coefficient (Wildman–Crippen LogP) is 3.10. The fourth-order valence-corrected chi connectivity index (χ4v) is 3.74. The molecule has 1 saturated carbocycles. The first kappa shape index (κ1) is 11.1. The molecule has 0 amide bonds. The molecule has 1 saturated heterocycles. The lowest BCUT2D eigenvalue weighted by Gasteiger charge is -2.41. The molecule has 0 bridgehead atoms. The van der Waals surface area contributed by atoms with E-state index >= 15 is 0 Å². The maximum atomic E-state index is 11.6. The highest BCUT2D eigenvalue weighted by molar-refractivity contribution is 5.91. The highest BCUT2D eigenvalue weighted by Crippen LogP contribution is 2.48. The first-order valence-electron chi connectivity index (χ1n) is 6.69. The van der Waals surface area contributed by atoms with Gasteiger partial charge in [-0.05, 0) is 37.0 Å². The Kier molecular flexibility index (Phi) is 2.42. The summed E-state index contributed by atoms with van der Waals surface area (Å²) in [5.41, 5.74) is 2.22. The van der Waals surface area contributed by atoms with Crippen molar-refractivity contribution in [3.63, 3.8) is 0 Å². The summed E-state index contributed by atoms with van der Waals surface area (Å²) in [6.07, 6.45) is 5.95. The third-order valence-electron chi connectivity index (χ3n) is 4.92. The molecule has 1 heterocycles. The fraction of sp³-hybridized carbons (Fsp3) is 0.667. The highest BCUT2D eigenvalue weighted by atomic mass is 16.6. The van der Waals surface area contributed by atoms with E-state index in [1.807, 2.05) is 0 Å². The zero-order chi connectivity index (χ0) is 12.2. The van der Waals surface area contributed by atoms with Crippen LogP contribution in [0.1, 0.15) is 33.1 Å². The van der Waals surface area contributed by atoms with Gasteiger partial charge in [0.15, 0.2) is 0 Å². The summed E-state index contributed by atoms with van der Waals surface area (Å²) < 4.78 is 5.43. The van der Waals surface area contributed by atoms with Crippen molar-refractivity contribution in [2.24, 2.45) is 23.7 Å². The van der Waals surface area contributed by atoms with Crippen LogP contribution >= 0.6 is 0 Å². The maximum Gasteiger partial charge on any atom is 0.334 e. The van der Waals surface area contributed by atoms with Gasteiger partial charge in [-0.1, -0.05) is 32.1 Å². The summed E-state index contributed by atoms with van der Waals surface area (Å²) in [5.74, 6) is 1.99. The number of hydrogen-bond acceptors (Lipinski definition) is 2. The molecule has 3 rings (SSSR count). The minimum atomic E-state index is -0.184. The van der Waals surface area contributed by atoms with Crippen LogP contribution < -0.4 is 0 Å². The van der Waals surface area contributed by atoms with Crippen LogP contribution in [0.3, 0.4) is 0 Å².